The van der Waals surface area contributed by atoms with Gasteiger partial charge in [0.1, 0.15) is 5.75 Å². The third kappa shape index (κ3) is 3.02. The predicted octanol–water partition coefficient (Wildman–Crippen LogP) is 6.99. The molecule has 0 amide bonds. The van der Waals surface area contributed by atoms with Crippen molar-refractivity contribution >= 4 is 11.6 Å². The molecule has 4 aliphatic carbocycles. The van der Waals surface area contributed by atoms with Crippen molar-refractivity contribution in [3.05, 3.63) is 65.2 Å². The number of alkyl halides is 1. The Balaban J connectivity index is 1.19. The van der Waals surface area contributed by atoms with Gasteiger partial charge in [-0.2, -0.15) is 0 Å². The van der Waals surface area contributed by atoms with E-state index in [9.17, 15) is 0 Å². The van der Waals surface area contributed by atoms with Crippen molar-refractivity contribution < 1.29 is 9.47 Å². The van der Waals surface area contributed by atoms with Crippen molar-refractivity contribution in [3.63, 3.8) is 0 Å². The van der Waals surface area contributed by atoms with E-state index < -0.39 is 0 Å². The van der Waals surface area contributed by atoms with Crippen LogP contribution < -0.4 is 4.74 Å². The first-order chi connectivity index (χ1) is 15.6. The van der Waals surface area contributed by atoms with Crippen molar-refractivity contribution in [1.82, 2.24) is 0 Å². The molecule has 2 aromatic carbocycles. The zero-order valence-corrected chi connectivity index (χ0v) is 20.1. The highest BCUT2D eigenvalue weighted by Gasteiger charge is 2.75. The summed E-state index contributed by atoms with van der Waals surface area (Å²) < 4.78 is 11.7. The van der Waals surface area contributed by atoms with Crippen LogP contribution >= 0.6 is 11.6 Å². The Kier molecular flexibility index (Phi) is 5.11. The lowest BCUT2D eigenvalue weighted by Gasteiger charge is -2.51. The van der Waals surface area contributed by atoms with Gasteiger partial charge in [-0.3, -0.25) is 0 Å². The highest BCUT2D eigenvalue weighted by Crippen LogP contribution is 2.79. The van der Waals surface area contributed by atoms with E-state index in [-0.39, 0.29) is 0 Å². The predicted molar refractivity (Wildman–Crippen MR) is 129 cm³/mol. The molecule has 2 nitrogen and oxygen atoms in total. The molecule has 0 N–H and O–H groups in total. The van der Waals surface area contributed by atoms with E-state index in [1.54, 1.807) is 12.7 Å². The van der Waals surface area contributed by atoms with Gasteiger partial charge in [0, 0.05) is 5.38 Å². The van der Waals surface area contributed by atoms with Crippen LogP contribution in [0.25, 0.3) is 0 Å². The molecule has 3 saturated carbocycles. The van der Waals surface area contributed by atoms with E-state index in [0.717, 1.165) is 24.2 Å². The molecule has 32 heavy (non-hydrogen) atoms. The van der Waals surface area contributed by atoms with Crippen molar-refractivity contribution in [1.29, 1.82) is 0 Å². The third-order valence-electron chi connectivity index (χ3n) is 9.99. The van der Waals surface area contributed by atoms with Crippen molar-refractivity contribution in [3.8, 4) is 5.75 Å². The minimum Gasteiger partial charge on any atom is -0.497 e. The van der Waals surface area contributed by atoms with Crippen LogP contribution in [0.2, 0.25) is 0 Å². The lowest BCUT2D eigenvalue weighted by molar-refractivity contribution is 0.00339. The van der Waals surface area contributed by atoms with E-state index in [2.05, 4.69) is 55.5 Å². The van der Waals surface area contributed by atoms with Crippen LogP contribution in [0.4, 0.5) is 0 Å². The van der Waals surface area contributed by atoms with Crippen molar-refractivity contribution in [2.75, 3.05) is 13.7 Å². The van der Waals surface area contributed by atoms with Gasteiger partial charge in [0.25, 0.3) is 0 Å². The lowest BCUT2D eigenvalue weighted by Crippen LogP contribution is -2.44. The molecule has 0 saturated heterocycles. The molecule has 0 radical (unpaired) electrons. The molecule has 1 spiro atoms. The van der Waals surface area contributed by atoms with Gasteiger partial charge in [0.05, 0.1) is 20.3 Å². The molecule has 4 aliphatic rings. The average molecular weight is 451 g/mol. The van der Waals surface area contributed by atoms with E-state index in [4.69, 9.17) is 21.1 Å². The summed E-state index contributed by atoms with van der Waals surface area (Å²) in [6.45, 7) is 4.17. The van der Waals surface area contributed by atoms with E-state index >= 15 is 0 Å². The Morgan fingerprint density at radius 2 is 1.94 bits per heavy atom. The zero-order valence-electron chi connectivity index (χ0n) is 19.4. The number of hydrogen-bond donors (Lipinski definition) is 0. The Morgan fingerprint density at radius 3 is 2.75 bits per heavy atom. The molecule has 0 heterocycles. The molecular formula is C29H35ClO2. The standard InChI is InChI=1S/C29H35ClO2/c1-28-13-12-24-23-11-9-22(31-2)14-20(23)8-10-25(24)26(28)15-27(30)29(28)16-21(29)18-32-17-19-6-4-3-5-7-19/h3-7,9,11,14,21,24-27H,8,10,12-13,15-18H2,1-2H3/t21-,24-,25-,26+,27?,28+,29?/m1/s1. The molecule has 3 heteroatoms. The van der Waals surface area contributed by atoms with Gasteiger partial charge in [0.15, 0.2) is 0 Å². The normalized spacial score (nSPS) is 39.3. The first kappa shape index (κ1) is 21.1. The summed E-state index contributed by atoms with van der Waals surface area (Å²) in [5, 5.41) is 0.304. The van der Waals surface area contributed by atoms with Gasteiger partial charge >= 0.3 is 0 Å². The number of methoxy groups -OCH3 is 1. The third-order valence-corrected chi connectivity index (χ3v) is 10.6. The number of fused-ring (bicyclic) bond motifs is 6. The van der Waals surface area contributed by atoms with E-state index in [1.807, 2.05) is 0 Å². The van der Waals surface area contributed by atoms with Gasteiger partial charge in [-0.05, 0) is 102 Å². The SMILES string of the molecule is COc1ccc2c(c1)CC[C@@H]1[C@@H]2CC[C@@]2(C)[C@H]1CC(Cl)C21C[C@@H]1COCc1ccccc1. The number of aryl methyl sites for hydroxylation is 1. The second-order valence-electron chi connectivity index (χ2n) is 11.1. The Labute approximate surface area is 197 Å². The Hall–Kier alpha value is -1.51. The number of hydrogen-bond acceptors (Lipinski definition) is 2. The topological polar surface area (TPSA) is 18.5 Å². The van der Waals surface area contributed by atoms with Gasteiger partial charge in [-0.15, -0.1) is 11.6 Å². The van der Waals surface area contributed by atoms with Crippen molar-refractivity contribution in [2.45, 2.75) is 63.4 Å². The van der Waals surface area contributed by atoms with Crippen LogP contribution in [-0.4, -0.2) is 19.1 Å². The van der Waals surface area contributed by atoms with Gasteiger partial charge < -0.3 is 9.47 Å². The maximum atomic E-state index is 7.22. The molecule has 2 unspecified atom stereocenters. The fourth-order valence-corrected chi connectivity index (χ4v) is 9.05. The zero-order chi connectivity index (χ0) is 21.9. The minimum atomic E-state index is 0.293. The van der Waals surface area contributed by atoms with Crippen LogP contribution in [-0.2, 0) is 17.8 Å². The Morgan fingerprint density at radius 1 is 1.09 bits per heavy atom. The summed E-state index contributed by atoms with van der Waals surface area (Å²) in [6.07, 6.45) is 7.56. The quantitative estimate of drug-likeness (QED) is 0.457. The van der Waals surface area contributed by atoms with E-state index in [0.29, 0.717) is 34.6 Å². The maximum Gasteiger partial charge on any atom is 0.119 e. The summed E-state index contributed by atoms with van der Waals surface area (Å²) in [5.41, 5.74) is 5.03. The first-order valence-electron chi connectivity index (χ1n) is 12.5. The van der Waals surface area contributed by atoms with Crippen LogP contribution in [0.1, 0.15) is 61.6 Å². The summed E-state index contributed by atoms with van der Waals surface area (Å²) in [7, 11) is 1.77. The molecule has 0 aliphatic heterocycles. The summed E-state index contributed by atoms with van der Waals surface area (Å²) in [6, 6.07) is 17.3. The summed E-state index contributed by atoms with van der Waals surface area (Å²) in [5.74, 6) is 3.85. The highest BCUT2D eigenvalue weighted by molar-refractivity contribution is 6.21. The number of ether oxygens (including phenoxy) is 2. The van der Waals surface area contributed by atoms with Crippen LogP contribution in [0.15, 0.2) is 48.5 Å². The van der Waals surface area contributed by atoms with Gasteiger partial charge in [0.2, 0.25) is 0 Å². The maximum absolute atomic E-state index is 7.22. The molecule has 7 atom stereocenters. The van der Waals surface area contributed by atoms with Gasteiger partial charge in [-0.1, -0.05) is 43.3 Å². The number of halogens is 1. The average Bonchev–Trinajstić information content (AvgIpc) is 3.52. The smallest absolute Gasteiger partial charge is 0.119 e. The van der Waals surface area contributed by atoms with E-state index in [1.165, 1.54) is 49.7 Å². The minimum absolute atomic E-state index is 0.293. The second kappa shape index (κ2) is 7.77. The monoisotopic (exact) mass is 450 g/mol. The fraction of sp³-hybridized carbons (Fsp3) is 0.586. The molecule has 2 aromatic rings. The second-order valence-corrected chi connectivity index (χ2v) is 11.6. The van der Waals surface area contributed by atoms with Crippen molar-refractivity contribution in [2.24, 2.45) is 28.6 Å². The number of rotatable bonds is 5. The summed E-state index contributed by atoms with van der Waals surface area (Å²) in [4.78, 5) is 0. The fourth-order valence-electron chi connectivity index (χ4n) is 8.34. The van der Waals surface area contributed by atoms with Crippen LogP contribution in [0.3, 0.4) is 0 Å². The van der Waals surface area contributed by atoms with Gasteiger partial charge in [-0.25, -0.2) is 0 Å². The molecule has 6 rings (SSSR count). The molecule has 0 aromatic heterocycles. The molecule has 3 fully saturated rings. The summed E-state index contributed by atoms with van der Waals surface area (Å²) >= 11 is 7.22. The molecular weight excluding hydrogens is 416 g/mol. The lowest BCUT2D eigenvalue weighted by atomic mass is 9.53. The van der Waals surface area contributed by atoms with Crippen LogP contribution in [0.5, 0.6) is 5.75 Å². The highest BCUT2D eigenvalue weighted by atomic mass is 35.5. The Bertz CT molecular complexity index is 990. The first-order valence-corrected chi connectivity index (χ1v) is 12.9. The number of benzene rings is 2. The molecule has 0 bridgehead atoms. The largest absolute Gasteiger partial charge is 0.497 e. The molecule has 170 valence electrons. The van der Waals surface area contributed by atoms with Crippen LogP contribution in [0, 0.1) is 28.6 Å².